The summed E-state index contributed by atoms with van der Waals surface area (Å²) in [7, 11) is -2.08. The molecule has 1 aromatic carbocycles. The molecule has 0 aliphatic heterocycles. The Balaban J connectivity index is 3.17. The van der Waals surface area contributed by atoms with Crippen molar-refractivity contribution in [3.8, 4) is 0 Å². The van der Waals surface area contributed by atoms with Crippen LogP contribution in [0.3, 0.4) is 0 Å². The van der Waals surface area contributed by atoms with E-state index in [1.165, 1.54) is 0 Å². The maximum Gasteiger partial charge on any atom is 0.397 e. The first-order valence-electron chi connectivity index (χ1n) is 6.91. The summed E-state index contributed by atoms with van der Waals surface area (Å²) in [6.07, 6.45) is -5.96. The summed E-state index contributed by atoms with van der Waals surface area (Å²) in [5, 5.41) is 0.952. The van der Waals surface area contributed by atoms with Crippen molar-refractivity contribution in [2.24, 2.45) is 0 Å². The van der Waals surface area contributed by atoms with Crippen LogP contribution in [-0.2, 0) is 4.79 Å². The van der Waals surface area contributed by atoms with Crippen LogP contribution >= 0.6 is 0 Å². The summed E-state index contributed by atoms with van der Waals surface area (Å²) in [6.45, 7) is 11.5. The molecule has 0 atom stereocenters. The molecule has 0 fully saturated rings. The molecule has 0 radical (unpaired) electrons. The molecule has 2 nitrogen and oxygen atoms in total. The van der Waals surface area contributed by atoms with Crippen molar-refractivity contribution in [2.45, 2.75) is 26.1 Å². The minimum Gasteiger partial charge on any atom is -0.312 e. The van der Waals surface area contributed by atoms with Crippen LogP contribution in [0.2, 0.25) is 6.55 Å². The quantitative estimate of drug-likeness (QED) is 0.729. The summed E-state index contributed by atoms with van der Waals surface area (Å²) < 4.78 is 37.3. The van der Waals surface area contributed by atoms with Crippen LogP contribution in [0.4, 0.5) is 18.9 Å². The molecule has 0 bridgehead atoms. The van der Waals surface area contributed by atoms with Gasteiger partial charge in [-0.1, -0.05) is 30.1 Å². The van der Waals surface area contributed by atoms with E-state index in [-0.39, 0.29) is 6.54 Å². The average Bonchev–Trinajstić information content (AvgIpc) is 2.45. The first-order chi connectivity index (χ1) is 10.2. The second kappa shape index (κ2) is 6.96. The Hall–Kier alpha value is -1.82. The van der Waals surface area contributed by atoms with Gasteiger partial charge >= 0.3 is 6.18 Å². The highest BCUT2D eigenvalue weighted by Gasteiger charge is 2.34. The van der Waals surface area contributed by atoms with Crippen molar-refractivity contribution in [1.82, 2.24) is 0 Å². The maximum atomic E-state index is 12.4. The summed E-state index contributed by atoms with van der Waals surface area (Å²) in [5.74, 6) is -0.951. The molecular formula is C16H20F3NOSi. The van der Waals surface area contributed by atoms with Crippen molar-refractivity contribution in [3.63, 3.8) is 0 Å². The normalized spacial score (nSPS) is 11.9. The summed E-state index contributed by atoms with van der Waals surface area (Å²) in [5.41, 5.74) is 4.15. The van der Waals surface area contributed by atoms with Crippen LogP contribution in [0.1, 0.15) is 13.3 Å². The summed E-state index contributed by atoms with van der Waals surface area (Å²) in [6, 6.07) is 7.03. The van der Waals surface area contributed by atoms with E-state index in [1.54, 1.807) is 25.1 Å². The third-order valence-corrected chi connectivity index (χ3v) is 6.85. The second-order valence-corrected chi connectivity index (χ2v) is 9.13. The number of carbonyl (C=O) groups is 1. The highest BCUT2D eigenvalue weighted by atomic mass is 28.3. The van der Waals surface area contributed by atoms with E-state index in [9.17, 15) is 18.0 Å². The molecule has 0 unspecified atom stereocenters. The van der Waals surface area contributed by atoms with Gasteiger partial charge in [-0.25, -0.2) is 0 Å². The van der Waals surface area contributed by atoms with E-state index in [1.807, 2.05) is 24.0 Å². The zero-order chi connectivity index (χ0) is 17.0. The molecular weight excluding hydrogens is 307 g/mol. The Labute approximate surface area is 130 Å². The molecule has 6 heteroatoms. The average molecular weight is 327 g/mol. The lowest BCUT2D eigenvalue weighted by Crippen LogP contribution is -2.42. The monoisotopic (exact) mass is 327 g/mol. The SMILES string of the molecule is C=C[Si](C)(C=C)c1cccc(N(CC)C(=O)CC(F)(F)F)c1. The maximum absolute atomic E-state index is 12.4. The standard InChI is InChI=1S/C16H20F3NOSi/c1-5-20(15(21)12-16(17,18)19)13-9-8-10-14(11-13)22(4,6-2)7-3/h6-11H,2-3,5,12H2,1,4H3. The molecule has 1 aromatic rings. The molecule has 1 rings (SSSR count). The van der Waals surface area contributed by atoms with Crippen molar-refractivity contribution >= 4 is 24.9 Å². The van der Waals surface area contributed by atoms with Gasteiger partial charge < -0.3 is 4.90 Å². The fraction of sp³-hybridized carbons (Fsp3) is 0.312. The van der Waals surface area contributed by atoms with Gasteiger partial charge in [0.25, 0.3) is 0 Å². The highest BCUT2D eigenvalue weighted by molar-refractivity contribution is 6.98. The van der Waals surface area contributed by atoms with Crippen molar-refractivity contribution < 1.29 is 18.0 Å². The van der Waals surface area contributed by atoms with E-state index in [2.05, 4.69) is 13.2 Å². The van der Waals surface area contributed by atoms with Crippen LogP contribution in [0.5, 0.6) is 0 Å². The number of carbonyl (C=O) groups excluding carboxylic acids is 1. The third kappa shape index (κ3) is 4.33. The fourth-order valence-electron chi connectivity index (χ4n) is 2.10. The number of halogens is 3. The number of rotatable bonds is 6. The van der Waals surface area contributed by atoms with Crippen LogP contribution in [0, 0.1) is 0 Å². The van der Waals surface area contributed by atoms with Crippen molar-refractivity contribution in [3.05, 3.63) is 48.8 Å². The van der Waals surface area contributed by atoms with E-state index >= 15 is 0 Å². The van der Waals surface area contributed by atoms with Gasteiger partial charge in [-0.05, 0) is 24.2 Å². The smallest absolute Gasteiger partial charge is 0.312 e. The van der Waals surface area contributed by atoms with E-state index in [4.69, 9.17) is 0 Å². The van der Waals surface area contributed by atoms with Crippen LogP contribution in [0.15, 0.2) is 48.8 Å². The van der Waals surface area contributed by atoms with Gasteiger partial charge in [-0.3, -0.25) is 4.79 Å². The van der Waals surface area contributed by atoms with Gasteiger partial charge in [0.2, 0.25) is 5.91 Å². The van der Waals surface area contributed by atoms with Gasteiger partial charge in [0.1, 0.15) is 14.5 Å². The van der Waals surface area contributed by atoms with E-state index in [0.717, 1.165) is 10.1 Å². The zero-order valence-corrected chi connectivity index (χ0v) is 13.8. The van der Waals surface area contributed by atoms with E-state index < -0.39 is 26.6 Å². The Morgan fingerprint density at radius 3 is 2.36 bits per heavy atom. The molecule has 0 spiro atoms. The molecule has 0 heterocycles. The van der Waals surface area contributed by atoms with Crippen LogP contribution in [-0.4, -0.2) is 26.7 Å². The van der Waals surface area contributed by atoms with Crippen LogP contribution in [0.25, 0.3) is 0 Å². The minimum absolute atomic E-state index is 0.179. The lowest BCUT2D eigenvalue weighted by atomic mass is 10.2. The van der Waals surface area contributed by atoms with Gasteiger partial charge in [0.05, 0.1) is 0 Å². The van der Waals surface area contributed by atoms with Gasteiger partial charge in [-0.2, -0.15) is 13.2 Å². The van der Waals surface area contributed by atoms with Crippen LogP contribution < -0.4 is 10.1 Å². The number of amides is 1. The predicted molar refractivity (Wildman–Crippen MR) is 86.8 cm³/mol. The topological polar surface area (TPSA) is 20.3 Å². The fourth-order valence-corrected chi connectivity index (χ4v) is 3.65. The Bertz CT molecular complexity index is 561. The largest absolute Gasteiger partial charge is 0.397 e. The number of hydrogen-bond donors (Lipinski definition) is 0. The molecule has 120 valence electrons. The van der Waals surface area contributed by atoms with Gasteiger partial charge in [0.15, 0.2) is 0 Å². The molecule has 0 saturated heterocycles. The Morgan fingerprint density at radius 2 is 1.91 bits per heavy atom. The molecule has 22 heavy (non-hydrogen) atoms. The number of alkyl halides is 3. The molecule has 0 saturated carbocycles. The van der Waals surface area contributed by atoms with Crippen molar-refractivity contribution in [2.75, 3.05) is 11.4 Å². The van der Waals surface area contributed by atoms with Crippen molar-refractivity contribution in [1.29, 1.82) is 0 Å². The van der Waals surface area contributed by atoms with Gasteiger partial charge in [-0.15, -0.1) is 13.2 Å². The van der Waals surface area contributed by atoms with Gasteiger partial charge in [0, 0.05) is 12.2 Å². The number of nitrogens with zero attached hydrogens (tertiary/aromatic N) is 1. The lowest BCUT2D eigenvalue weighted by molar-refractivity contribution is -0.151. The first-order valence-corrected chi connectivity index (χ1v) is 9.57. The summed E-state index contributed by atoms with van der Waals surface area (Å²) in [4.78, 5) is 13.0. The lowest BCUT2D eigenvalue weighted by Gasteiger charge is -2.25. The minimum atomic E-state index is -4.51. The third-order valence-electron chi connectivity index (χ3n) is 3.60. The molecule has 0 aromatic heterocycles. The zero-order valence-electron chi connectivity index (χ0n) is 12.8. The highest BCUT2D eigenvalue weighted by Crippen LogP contribution is 2.23. The van der Waals surface area contributed by atoms with E-state index in [0.29, 0.717) is 5.69 Å². The Kier molecular flexibility index (Phi) is 5.76. The predicted octanol–water partition coefficient (Wildman–Crippen LogP) is 3.73. The summed E-state index contributed by atoms with van der Waals surface area (Å²) >= 11 is 0. The molecule has 1 amide bonds. The number of anilines is 1. The molecule has 0 aliphatic rings. The molecule has 0 aliphatic carbocycles. The second-order valence-electron chi connectivity index (χ2n) is 5.17. The Morgan fingerprint density at radius 1 is 1.32 bits per heavy atom. The number of benzene rings is 1. The first kappa shape index (κ1) is 18.2. The number of hydrogen-bond acceptors (Lipinski definition) is 1. The molecule has 0 N–H and O–H groups in total.